The van der Waals surface area contributed by atoms with Crippen molar-refractivity contribution in [1.29, 1.82) is 0 Å². The van der Waals surface area contributed by atoms with Crippen molar-refractivity contribution in [2.75, 3.05) is 13.1 Å². The van der Waals surface area contributed by atoms with Gasteiger partial charge in [-0.2, -0.15) is 0 Å². The molecule has 4 atom stereocenters. The summed E-state index contributed by atoms with van der Waals surface area (Å²) in [7, 11) is 0. The summed E-state index contributed by atoms with van der Waals surface area (Å²) in [6.45, 7) is 4.66. The molecule has 1 aromatic rings. The van der Waals surface area contributed by atoms with Crippen molar-refractivity contribution < 1.29 is 24.3 Å². The Balaban J connectivity index is 3.07. The van der Waals surface area contributed by atoms with Gasteiger partial charge >= 0.3 is 5.97 Å². The van der Waals surface area contributed by atoms with E-state index in [1.165, 1.54) is 0 Å². The van der Waals surface area contributed by atoms with Gasteiger partial charge in [-0.1, -0.05) is 50.6 Å². The highest BCUT2D eigenvalue weighted by Crippen LogP contribution is 2.10. The van der Waals surface area contributed by atoms with Crippen molar-refractivity contribution in [3.05, 3.63) is 35.9 Å². The van der Waals surface area contributed by atoms with E-state index in [1.54, 1.807) is 0 Å². The topological polar surface area (TPSA) is 203 Å². The SMILES string of the molecule is CC(C)C[C@H](NC(=O)[C@H](Cc1ccccc1)NC(=O)[C@H](CCCCN)NC(=O)[C@@H](N)CCCCN)C(=O)O. The van der Waals surface area contributed by atoms with Crippen LogP contribution in [-0.4, -0.2) is 66.1 Å². The Morgan fingerprint density at radius 1 is 0.763 bits per heavy atom. The van der Waals surface area contributed by atoms with Gasteiger partial charge in [0, 0.05) is 6.42 Å². The molecule has 11 nitrogen and oxygen atoms in total. The second-order valence-corrected chi connectivity index (χ2v) is 10.0. The fourth-order valence-corrected chi connectivity index (χ4v) is 3.98. The molecule has 10 N–H and O–H groups in total. The Labute approximate surface area is 225 Å². The number of nitrogens with one attached hydrogen (secondary N) is 3. The van der Waals surface area contributed by atoms with Crippen molar-refractivity contribution in [1.82, 2.24) is 16.0 Å². The van der Waals surface area contributed by atoms with Crippen molar-refractivity contribution in [2.45, 2.75) is 89.4 Å². The molecule has 0 aromatic heterocycles. The minimum atomic E-state index is -1.15. The van der Waals surface area contributed by atoms with Crippen molar-refractivity contribution >= 4 is 23.7 Å². The van der Waals surface area contributed by atoms with E-state index >= 15 is 0 Å². The van der Waals surface area contributed by atoms with E-state index in [0.29, 0.717) is 45.2 Å². The molecule has 1 rings (SSSR count). The van der Waals surface area contributed by atoms with Crippen LogP contribution in [0, 0.1) is 5.92 Å². The van der Waals surface area contributed by atoms with Gasteiger partial charge in [0.1, 0.15) is 18.1 Å². The third kappa shape index (κ3) is 13.0. The van der Waals surface area contributed by atoms with Gasteiger partial charge in [-0.15, -0.1) is 0 Å². The van der Waals surface area contributed by atoms with Crippen LogP contribution in [0.4, 0.5) is 0 Å². The quantitative estimate of drug-likeness (QED) is 0.123. The molecule has 0 aliphatic heterocycles. The summed E-state index contributed by atoms with van der Waals surface area (Å²) in [5.41, 5.74) is 17.9. The highest BCUT2D eigenvalue weighted by Gasteiger charge is 2.30. The average Bonchev–Trinajstić information content (AvgIpc) is 2.87. The molecule has 0 saturated heterocycles. The van der Waals surface area contributed by atoms with E-state index in [1.807, 2.05) is 44.2 Å². The molecule has 214 valence electrons. The highest BCUT2D eigenvalue weighted by atomic mass is 16.4. The van der Waals surface area contributed by atoms with Gasteiger partial charge in [0.05, 0.1) is 6.04 Å². The summed E-state index contributed by atoms with van der Waals surface area (Å²) in [5, 5.41) is 17.6. The molecule has 0 saturated carbocycles. The van der Waals surface area contributed by atoms with Crippen molar-refractivity contribution in [3.63, 3.8) is 0 Å². The first-order valence-corrected chi connectivity index (χ1v) is 13.4. The van der Waals surface area contributed by atoms with Crippen molar-refractivity contribution in [2.24, 2.45) is 23.1 Å². The fourth-order valence-electron chi connectivity index (χ4n) is 3.98. The van der Waals surface area contributed by atoms with E-state index in [2.05, 4.69) is 16.0 Å². The second-order valence-electron chi connectivity index (χ2n) is 10.0. The number of amides is 3. The molecule has 11 heteroatoms. The normalized spacial score (nSPS) is 14.3. The number of rotatable bonds is 19. The summed E-state index contributed by atoms with van der Waals surface area (Å²) in [4.78, 5) is 51.0. The minimum Gasteiger partial charge on any atom is -0.480 e. The van der Waals surface area contributed by atoms with Gasteiger partial charge in [0.2, 0.25) is 17.7 Å². The van der Waals surface area contributed by atoms with Crippen LogP contribution in [0.3, 0.4) is 0 Å². The van der Waals surface area contributed by atoms with Crippen LogP contribution in [0.5, 0.6) is 0 Å². The van der Waals surface area contributed by atoms with E-state index in [4.69, 9.17) is 17.2 Å². The van der Waals surface area contributed by atoms with Crippen LogP contribution in [-0.2, 0) is 25.6 Å². The molecule has 38 heavy (non-hydrogen) atoms. The predicted octanol–water partition coefficient (Wildman–Crippen LogP) is 0.400. The number of unbranched alkanes of at least 4 members (excludes halogenated alkanes) is 2. The van der Waals surface area contributed by atoms with Crippen LogP contribution < -0.4 is 33.2 Å². The largest absolute Gasteiger partial charge is 0.480 e. The number of carboxylic acid groups (broad SMARTS) is 1. The number of benzene rings is 1. The number of nitrogens with two attached hydrogens (primary N) is 3. The molecule has 0 aliphatic carbocycles. The summed E-state index contributed by atoms with van der Waals surface area (Å²) < 4.78 is 0. The Hall–Kier alpha value is -3.02. The summed E-state index contributed by atoms with van der Waals surface area (Å²) >= 11 is 0. The van der Waals surface area contributed by atoms with E-state index in [-0.39, 0.29) is 18.8 Å². The van der Waals surface area contributed by atoms with Crippen molar-refractivity contribution in [3.8, 4) is 0 Å². The zero-order valence-corrected chi connectivity index (χ0v) is 22.7. The number of carboxylic acids is 1. The molecular formula is C27H46N6O5. The van der Waals surface area contributed by atoms with E-state index < -0.39 is 47.9 Å². The van der Waals surface area contributed by atoms with Gasteiger partial charge in [-0.3, -0.25) is 14.4 Å². The third-order valence-corrected chi connectivity index (χ3v) is 6.12. The van der Waals surface area contributed by atoms with Crippen LogP contribution in [0.25, 0.3) is 0 Å². The standard InChI is InChI=1S/C27H46N6O5/c1-18(2)16-23(27(37)38)33-26(36)22(17-19-10-4-3-5-11-19)32-25(35)21(13-7-9-15-29)31-24(34)20(30)12-6-8-14-28/h3-5,10-11,18,20-23H,6-9,12-17,28-30H2,1-2H3,(H,31,34)(H,32,35)(H,33,36)(H,37,38)/t20-,21-,22-,23-/m0/s1. The Morgan fingerprint density at radius 2 is 1.29 bits per heavy atom. The zero-order chi connectivity index (χ0) is 28.5. The van der Waals surface area contributed by atoms with Gasteiger partial charge in [-0.25, -0.2) is 4.79 Å². The number of hydrogen-bond acceptors (Lipinski definition) is 7. The summed E-state index contributed by atoms with van der Waals surface area (Å²) in [6, 6.07) is 5.23. The Morgan fingerprint density at radius 3 is 1.84 bits per heavy atom. The van der Waals surface area contributed by atoms with Crippen LogP contribution in [0.2, 0.25) is 0 Å². The lowest BCUT2D eigenvalue weighted by Crippen LogP contribution is -2.57. The molecule has 1 aromatic carbocycles. The Bertz CT molecular complexity index is 867. The molecular weight excluding hydrogens is 488 g/mol. The van der Waals surface area contributed by atoms with E-state index in [9.17, 15) is 24.3 Å². The first-order valence-electron chi connectivity index (χ1n) is 13.4. The smallest absolute Gasteiger partial charge is 0.326 e. The maximum absolute atomic E-state index is 13.3. The number of carbonyl (C=O) groups excluding carboxylic acids is 3. The molecule has 0 aliphatic rings. The monoisotopic (exact) mass is 534 g/mol. The summed E-state index contributed by atoms with van der Waals surface area (Å²) in [5.74, 6) is -2.72. The lowest BCUT2D eigenvalue weighted by Gasteiger charge is -2.26. The van der Waals surface area contributed by atoms with Gasteiger partial charge < -0.3 is 38.3 Å². The molecule has 0 bridgehead atoms. The number of aliphatic carboxylic acids is 1. The highest BCUT2D eigenvalue weighted by molar-refractivity contribution is 5.94. The lowest BCUT2D eigenvalue weighted by molar-refractivity contribution is -0.142. The molecule has 3 amide bonds. The average molecular weight is 535 g/mol. The van der Waals surface area contributed by atoms with E-state index in [0.717, 1.165) is 12.0 Å². The fraction of sp³-hybridized carbons (Fsp3) is 0.630. The predicted molar refractivity (Wildman–Crippen MR) is 147 cm³/mol. The van der Waals surface area contributed by atoms with Crippen LogP contribution in [0.15, 0.2) is 30.3 Å². The first kappa shape index (κ1) is 33.0. The van der Waals surface area contributed by atoms with Gasteiger partial charge in [-0.05, 0) is 63.1 Å². The number of hydrogen-bond donors (Lipinski definition) is 7. The molecule has 0 fully saturated rings. The van der Waals surface area contributed by atoms with Crippen LogP contribution >= 0.6 is 0 Å². The lowest BCUT2D eigenvalue weighted by atomic mass is 10.0. The van der Waals surface area contributed by atoms with Gasteiger partial charge in [0.25, 0.3) is 0 Å². The summed E-state index contributed by atoms with van der Waals surface area (Å²) in [6.07, 6.45) is 3.82. The third-order valence-electron chi connectivity index (χ3n) is 6.12. The number of carbonyl (C=O) groups is 4. The zero-order valence-electron chi connectivity index (χ0n) is 22.7. The minimum absolute atomic E-state index is 0.0368. The first-order chi connectivity index (χ1) is 18.1. The molecule has 0 spiro atoms. The van der Waals surface area contributed by atoms with Crippen LogP contribution in [0.1, 0.15) is 64.4 Å². The maximum atomic E-state index is 13.3. The Kier molecular flexibility index (Phi) is 15.9. The van der Waals surface area contributed by atoms with Gasteiger partial charge in [0.15, 0.2) is 0 Å². The molecule has 0 unspecified atom stereocenters. The molecule has 0 heterocycles. The second kappa shape index (κ2) is 18.3. The molecule has 0 radical (unpaired) electrons. The maximum Gasteiger partial charge on any atom is 0.326 e.